The van der Waals surface area contributed by atoms with Crippen LogP contribution in [0.25, 0.3) is 0 Å². The lowest BCUT2D eigenvalue weighted by atomic mass is 10.1. The molecule has 0 aromatic heterocycles. The van der Waals surface area contributed by atoms with Crippen molar-refractivity contribution >= 4 is 17.6 Å². The monoisotopic (exact) mass is 357 g/mol. The minimum absolute atomic E-state index is 0.0906. The van der Waals surface area contributed by atoms with Crippen LogP contribution in [0.5, 0.6) is 0 Å². The number of nitrogens with one attached hydrogen (secondary N) is 2. The highest BCUT2D eigenvalue weighted by Gasteiger charge is 2.38. The highest BCUT2D eigenvalue weighted by atomic mass is 19.1. The second-order valence-electron chi connectivity index (χ2n) is 6.20. The Bertz CT molecular complexity index is 767. The Labute approximate surface area is 150 Å². The normalized spacial score (nSPS) is 19.2. The first-order valence-corrected chi connectivity index (χ1v) is 8.36. The summed E-state index contributed by atoms with van der Waals surface area (Å²) in [7, 11) is 0. The number of nitrogens with zero attached hydrogens (tertiary/aromatic N) is 1. The summed E-state index contributed by atoms with van der Waals surface area (Å²) in [6.07, 6.45) is -0.574. The standard InChI is InChI=1S/C19H20FN3O3/c20-14-8-6-13(7-9-14)11-21-18(25)17-10-16(24)12-23(17)19(26)22-15-4-2-1-3-5-15/h1-9,16-17,24H,10-12H2,(H,21,25)(H,22,26)/t16-,17+/m0/s1. The van der Waals surface area contributed by atoms with Crippen LogP contribution in [-0.2, 0) is 11.3 Å². The van der Waals surface area contributed by atoms with Crippen LogP contribution in [-0.4, -0.2) is 40.6 Å². The van der Waals surface area contributed by atoms with Crippen molar-refractivity contribution in [2.45, 2.75) is 25.1 Å². The van der Waals surface area contributed by atoms with Gasteiger partial charge in [-0.3, -0.25) is 4.79 Å². The van der Waals surface area contributed by atoms with Gasteiger partial charge in [-0.2, -0.15) is 0 Å². The van der Waals surface area contributed by atoms with E-state index >= 15 is 0 Å². The molecule has 1 heterocycles. The number of aliphatic hydroxyl groups excluding tert-OH is 1. The van der Waals surface area contributed by atoms with E-state index in [9.17, 15) is 19.1 Å². The number of rotatable bonds is 4. The minimum Gasteiger partial charge on any atom is -0.391 e. The van der Waals surface area contributed by atoms with E-state index in [1.165, 1.54) is 17.0 Å². The molecule has 1 aliphatic rings. The number of benzene rings is 2. The Morgan fingerprint density at radius 1 is 1.12 bits per heavy atom. The van der Waals surface area contributed by atoms with E-state index in [4.69, 9.17) is 0 Å². The van der Waals surface area contributed by atoms with Gasteiger partial charge in [0.05, 0.1) is 6.10 Å². The average Bonchev–Trinajstić information content (AvgIpc) is 3.04. The number of amides is 3. The summed E-state index contributed by atoms with van der Waals surface area (Å²) in [5, 5.41) is 15.4. The number of anilines is 1. The number of β-amino-alcohol motifs (C(OH)–C–C–N with tert-alkyl or cyclic N) is 1. The van der Waals surface area contributed by atoms with Crippen LogP contribution in [0.1, 0.15) is 12.0 Å². The van der Waals surface area contributed by atoms with E-state index < -0.39 is 18.2 Å². The first kappa shape index (κ1) is 17.9. The highest BCUT2D eigenvalue weighted by molar-refractivity contribution is 5.94. The summed E-state index contributed by atoms with van der Waals surface area (Å²) < 4.78 is 12.9. The third-order valence-electron chi connectivity index (χ3n) is 4.25. The molecule has 0 bridgehead atoms. The summed E-state index contributed by atoms with van der Waals surface area (Å²) in [5.74, 6) is -0.697. The number of para-hydroxylation sites is 1. The Morgan fingerprint density at radius 3 is 2.50 bits per heavy atom. The van der Waals surface area contributed by atoms with Crippen LogP contribution in [0.3, 0.4) is 0 Å². The number of carbonyl (C=O) groups excluding carboxylic acids is 2. The zero-order valence-electron chi connectivity index (χ0n) is 14.1. The van der Waals surface area contributed by atoms with E-state index in [1.807, 2.05) is 6.07 Å². The molecular formula is C19H20FN3O3. The highest BCUT2D eigenvalue weighted by Crippen LogP contribution is 2.20. The molecule has 0 radical (unpaired) electrons. The number of halogens is 1. The molecule has 0 saturated carbocycles. The molecule has 0 unspecified atom stereocenters. The van der Waals surface area contributed by atoms with Crippen molar-refractivity contribution < 1.29 is 19.1 Å². The maximum absolute atomic E-state index is 12.9. The van der Waals surface area contributed by atoms with Crippen LogP contribution in [0.15, 0.2) is 54.6 Å². The molecule has 0 aliphatic carbocycles. The van der Waals surface area contributed by atoms with Gasteiger partial charge in [0.2, 0.25) is 5.91 Å². The maximum Gasteiger partial charge on any atom is 0.322 e. The number of carbonyl (C=O) groups is 2. The summed E-state index contributed by atoms with van der Waals surface area (Å²) in [5.41, 5.74) is 1.36. The van der Waals surface area contributed by atoms with Crippen molar-refractivity contribution in [2.75, 3.05) is 11.9 Å². The van der Waals surface area contributed by atoms with E-state index in [0.29, 0.717) is 5.69 Å². The molecule has 26 heavy (non-hydrogen) atoms. The predicted octanol–water partition coefficient (Wildman–Crippen LogP) is 2.11. The van der Waals surface area contributed by atoms with Crippen molar-refractivity contribution in [1.82, 2.24) is 10.2 Å². The van der Waals surface area contributed by atoms with E-state index in [0.717, 1.165) is 5.56 Å². The molecule has 1 fully saturated rings. The summed E-state index contributed by atoms with van der Waals surface area (Å²) in [4.78, 5) is 26.3. The molecule has 3 amide bonds. The predicted molar refractivity (Wildman–Crippen MR) is 94.8 cm³/mol. The van der Waals surface area contributed by atoms with Crippen molar-refractivity contribution in [2.24, 2.45) is 0 Å². The second-order valence-corrected chi connectivity index (χ2v) is 6.20. The molecule has 1 aliphatic heterocycles. The SMILES string of the molecule is O=C(NCc1ccc(F)cc1)[C@H]1C[C@H](O)CN1C(=O)Nc1ccccc1. The lowest BCUT2D eigenvalue weighted by Gasteiger charge is -2.24. The largest absolute Gasteiger partial charge is 0.391 e. The maximum atomic E-state index is 12.9. The smallest absolute Gasteiger partial charge is 0.322 e. The van der Waals surface area contributed by atoms with Gasteiger partial charge in [0, 0.05) is 25.2 Å². The van der Waals surface area contributed by atoms with Gasteiger partial charge in [-0.05, 0) is 29.8 Å². The number of aliphatic hydroxyl groups is 1. The molecule has 7 heteroatoms. The van der Waals surface area contributed by atoms with Crippen LogP contribution in [0.4, 0.5) is 14.9 Å². The Kier molecular flexibility index (Phi) is 5.48. The zero-order valence-corrected chi connectivity index (χ0v) is 14.1. The molecule has 0 spiro atoms. The summed E-state index contributed by atoms with van der Waals surface area (Å²) in [6, 6.07) is 13.5. The number of hydrogen-bond acceptors (Lipinski definition) is 3. The van der Waals surface area contributed by atoms with Gasteiger partial charge < -0.3 is 20.6 Å². The number of urea groups is 1. The van der Waals surface area contributed by atoms with Crippen molar-refractivity contribution in [3.63, 3.8) is 0 Å². The molecule has 3 rings (SSSR count). The first-order chi connectivity index (χ1) is 12.5. The third kappa shape index (κ3) is 4.37. The van der Waals surface area contributed by atoms with Crippen molar-refractivity contribution in [1.29, 1.82) is 0 Å². The van der Waals surface area contributed by atoms with E-state index in [-0.39, 0.29) is 31.2 Å². The topological polar surface area (TPSA) is 81.7 Å². The lowest BCUT2D eigenvalue weighted by molar-refractivity contribution is -0.124. The minimum atomic E-state index is -0.755. The van der Waals surface area contributed by atoms with Crippen LogP contribution >= 0.6 is 0 Å². The quantitative estimate of drug-likeness (QED) is 0.784. The molecule has 2 atom stereocenters. The number of hydrogen-bond donors (Lipinski definition) is 3. The van der Waals surface area contributed by atoms with Crippen molar-refractivity contribution in [3.05, 3.63) is 66.0 Å². The van der Waals surface area contributed by atoms with Gasteiger partial charge in [0.15, 0.2) is 0 Å². The van der Waals surface area contributed by atoms with Gasteiger partial charge in [-0.1, -0.05) is 30.3 Å². The molecular weight excluding hydrogens is 337 g/mol. The van der Waals surface area contributed by atoms with E-state index in [2.05, 4.69) is 10.6 Å². The molecule has 2 aromatic rings. The average molecular weight is 357 g/mol. The first-order valence-electron chi connectivity index (χ1n) is 8.36. The second kappa shape index (κ2) is 7.97. The van der Waals surface area contributed by atoms with Gasteiger partial charge in [0.1, 0.15) is 11.9 Å². The zero-order chi connectivity index (χ0) is 18.5. The Hall–Kier alpha value is -2.93. The fourth-order valence-electron chi connectivity index (χ4n) is 2.91. The Balaban J connectivity index is 1.61. The molecule has 6 nitrogen and oxygen atoms in total. The van der Waals surface area contributed by atoms with Crippen LogP contribution in [0, 0.1) is 5.82 Å². The lowest BCUT2D eigenvalue weighted by Crippen LogP contribution is -2.47. The number of likely N-dealkylation sites (tertiary alicyclic amines) is 1. The molecule has 1 saturated heterocycles. The van der Waals surface area contributed by atoms with Crippen LogP contribution < -0.4 is 10.6 Å². The third-order valence-corrected chi connectivity index (χ3v) is 4.25. The van der Waals surface area contributed by atoms with E-state index in [1.54, 1.807) is 36.4 Å². The van der Waals surface area contributed by atoms with Crippen LogP contribution in [0.2, 0.25) is 0 Å². The van der Waals surface area contributed by atoms with Crippen molar-refractivity contribution in [3.8, 4) is 0 Å². The fraction of sp³-hybridized carbons (Fsp3) is 0.263. The van der Waals surface area contributed by atoms with Gasteiger partial charge in [-0.25, -0.2) is 9.18 Å². The summed E-state index contributed by atoms with van der Waals surface area (Å²) >= 11 is 0. The molecule has 136 valence electrons. The Morgan fingerprint density at radius 2 is 1.81 bits per heavy atom. The summed E-state index contributed by atoms with van der Waals surface area (Å²) in [6.45, 7) is 0.313. The molecule has 2 aromatic carbocycles. The fourth-order valence-corrected chi connectivity index (χ4v) is 2.91. The van der Waals surface area contributed by atoms with Gasteiger partial charge >= 0.3 is 6.03 Å². The van der Waals surface area contributed by atoms with Gasteiger partial charge in [-0.15, -0.1) is 0 Å². The van der Waals surface area contributed by atoms with Gasteiger partial charge in [0.25, 0.3) is 0 Å². The molecule has 3 N–H and O–H groups in total.